The monoisotopic (exact) mass is 390 g/mol. The fourth-order valence-electron chi connectivity index (χ4n) is 2.93. The van der Waals surface area contributed by atoms with E-state index in [1.165, 1.54) is 0 Å². The van der Waals surface area contributed by atoms with Crippen molar-refractivity contribution in [3.8, 4) is 11.5 Å². The van der Waals surface area contributed by atoms with Crippen molar-refractivity contribution in [2.75, 3.05) is 13.7 Å². The highest BCUT2D eigenvalue weighted by molar-refractivity contribution is 5.90. The van der Waals surface area contributed by atoms with Gasteiger partial charge in [0.2, 0.25) is 0 Å². The zero-order valence-corrected chi connectivity index (χ0v) is 17.0. The van der Waals surface area contributed by atoms with Gasteiger partial charge in [0.1, 0.15) is 0 Å². The molecule has 0 atom stereocenters. The van der Waals surface area contributed by atoms with Gasteiger partial charge in [-0.3, -0.25) is 0 Å². The highest BCUT2D eigenvalue weighted by atomic mass is 16.5. The molecule has 0 heterocycles. The molecular weight excluding hydrogens is 364 g/mol. The molecule has 0 radical (unpaired) electrons. The number of hydrogen-bond acceptors (Lipinski definition) is 4. The van der Waals surface area contributed by atoms with Gasteiger partial charge in [0.15, 0.2) is 17.6 Å². The molecule has 0 aliphatic heterocycles. The van der Waals surface area contributed by atoms with Gasteiger partial charge in [-0.1, -0.05) is 74.5 Å². The Morgan fingerprint density at radius 2 is 1.41 bits per heavy atom. The van der Waals surface area contributed by atoms with Gasteiger partial charge in [0, 0.05) is 0 Å². The third-order valence-electron chi connectivity index (χ3n) is 4.40. The van der Waals surface area contributed by atoms with Crippen LogP contribution >= 0.6 is 0 Å². The molecule has 29 heavy (non-hydrogen) atoms. The first-order valence-corrected chi connectivity index (χ1v) is 9.70. The van der Waals surface area contributed by atoms with Gasteiger partial charge in [-0.2, -0.15) is 0 Å². The average molecular weight is 390 g/mol. The molecule has 0 unspecified atom stereocenters. The number of rotatable bonds is 8. The van der Waals surface area contributed by atoms with Gasteiger partial charge in [0.05, 0.1) is 19.3 Å². The van der Waals surface area contributed by atoms with Crippen LogP contribution in [0.25, 0.3) is 0 Å². The number of benzene rings is 3. The van der Waals surface area contributed by atoms with Crippen molar-refractivity contribution in [3.63, 3.8) is 0 Å². The van der Waals surface area contributed by atoms with Crippen molar-refractivity contribution in [1.82, 2.24) is 0 Å². The van der Waals surface area contributed by atoms with Gasteiger partial charge < -0.3 is 14.2 Å². The zero-order valence-electron chi connectivity index (χ0n) is 17.0. The molecule has 0 aliphatic carbocycles. The molecule has 0 aliphatic rings. The second kappa shape index (κ2) is 9.78. The highest BCUT2D eigenvalue weighted by Crippen LogP contribution is 2.31. The lowest BCUT2D eigenvalue weighted by Crippen LogP contribution is -2.13. The smallest absolute Gasteiger partial charge is 0.339 e. The highest BCUT2D eigenvalue weighted by Gasteiger charge is 2.21. The maximum atomic E-state index is 12.9. The molecule has 150 valence electrons. The number of esters is 1. The molecule has 0 aromatic heterocycles. The molecule has 3 aromatic rings. The van der Waals surface area contributed by atoms with E-state index in [-0.39, 0.29) is 0 Å². The molecule has 0 saturated carbocycles. The van der Waals surface area contributed by atoms with Crippen molar-refractivity contribution in [2.45, 2.75) is 20.0 Å². The first-order chi connectivity index (χ1) is 14.1. The molecule has 4 nitrogen and oxygen atoms in total. The topological polar surface area (TPSA) is 44.8 Å². The Bertz CT molecular complexity index is 881. The standard InChI is InChI=1S/C25H26O4/c1-18(2)17-28-22-15-14-21(16-23(22)27-3)25(26)29-24(19-10-6-4-7-11-19)20-12-8-5-9-13-20/h4-16,18,24H,17H2,1-3H3. The van der Waals surface area contributed by atoms with Crippen molar-refractivity contribution < 1.29 is 19.0 Å². The number of carbonyl (C=O) groups excluding carboxylic acids is 1. The Morgan fingerprint density at radius 3 is 1.93 bits per heavy atom. The maximum absolute atomic E-state index is 12.9. The summed E-state index contributed by atoms with van der Waals surface area (Å²) in [7, 11) is 1.56. The van der Waals surface area contributed by atoms with Gasteiger partial charge in [-0.25, -0.2) is 4.79 Å². The van der Waals surface area contributed by atoms with E-state index in [0.717, 1.165) is 11.1 Å². The van der Waals surface area contributed by atoms with Crippen LogP contribution in [0, 0.1) is 5.92 Å². The molecule has 0 saturated heterocycles. The van der Waals surface area contributed by atoms with Crippen LogP contribution in [0.3, 0.4) is 0 Å². The molecule has 3 aromatic carbocycles. The predicted octanol–water partition coefficient (Wildman–Crippen LogP) is 5.68. The fourth-order valence-corrected chi connectivity index (χ4v) is 2.93. The molecule has 0 bridgehead atoms. The van der Waals surface area contributed by atoms with E-state index in [1.807, 2.05) is 60.7 Å². The Hall–Kier alpha value is -3.27. The van der Waals surface area contributed by atoms with Crippen LogP contribution in [0.15, 0.2) is 78.9 Å². The molecule has 0 spiro atoms. The summed E-state index contributed by atoms with van der Waals surface area (Å²) >= 11 is 0. The summed E-state index contributed by atoms with van der Waals surface area (Å²) in [5.41, 5.74) is 2.24. The van der Waals surface area contributed by atoms with Gasteiger partial charge in [0.25, 0.3) is 0 Å². The Balaban J connectivity index is 1.84. The van der Waals surface area contributed by atoms with E-state index < -0.39 is 12.1 Å². The van der Waals surface area contributed by atoms with Crippen molar-refractivity contribution in [3.05, 3.63) is 95.6 Å². The predicted molar refractivity (Wildman–Crippen MR) is 113 cm³/mol. The van der Waals surface area contributed by atoms with Crippen LogP contribution in [0.4, 0.5) is 0 Å². The molecule has 3 rings (SSSR count). The third kappa shape index (κ3) is 5.38. The Kier molecular flexibility index (Phi) is 6.90. The number of methoxy groups -OCH3 is 1. The molecule has 4 heteroatoms. The third-order valence-corrected chi connectivity index (χ3v) is 4.40. The summed E-state index contributed by atoms with van der Waals surface area (Å²) in [5.74, 6) is 1.09. The number of carbonyl (C=O) groups is 1. The van der Waals surface area contributed by atoms with E-state index in [1.54, 1.807) is 25.3 Å². The van der Waals surface area contributed by atoms with E-state index in [9.17, 15) is 4.79 Å². The van der Waals surface area contributed by atoms with Crippen LogP contribution in [0.2, 0.25) is 0 Å². The Labute approximate surface area is 172 Å². The lowest BCUT2D eigenvalue weighted by atomic mass is 10.0. The second-order valence-electron chi connectivity index (χ2n) is 7.18. The summed E-state index contributed by atoms with van der Waals surface area (Å²) < 4.78 is 17.1. The first kappa shape index (κ1) is 20.5. The van der Waals surface area contributed by atoms with E-state index in [0.29, 0.717) is 29.6 Å². The van der Waals surface area contributed by atoms with Gasteiger partial charge >= 0.3 is 5.97 Å². The van der Waals surface area contributed by atoms with Crippen LogP contribution < -0.4 is 9.47 Å². The summed E-state index contributed by atoms with van der Waals surface area (Å²) in [6.07, 6.45) is -0.493. The maximum Gasteiger partial charge on any atom is 0.339 e. The minimum atomic E-state index is -0.493. The molecule has 0 fully saturated rings. The second-order valence-corrected chi connectivity index (χ2v) is 7.18. The van der Waals surface area contributed by atoms with Crippen LogP contribution in [-0.4, -0.2) is 19.7 Å². The summed E-state index contributed by atoms with van der Waals surface area (Å²) in [6.45, 7) is 4.72. The van der Waals surface area contributed by atoms with Crippen LogP contribution in [0.5, 0.6) is 11.5 Å². The molecular formula is C25H26O4. The van der Waals surface area contributed by atoms with E-state index in [4.69, 9.17) is 14.2 Å². The zero-order chi connectivity index (χ0) is 20.6. The SMILES string of the molecule is COc1cc(C(=O)OC(c2ccccc2)c2ccccc2)ccc1OCC(C)C. The lowest BCUT2D eigenvalue weighted by molar-refractivity contribution is 0.0377. The van der Waals surface area contributed by atoms with Crippen molar-refractivity contribution >= 4 is 5.97 Å². The minimum absolute atomic E-state index is 0.391. The summed E-state index contributed by atoms with van der Waals surface area (Å²) in [6, 6.07) is 24.5. The fraction of sp³-hybridized carbons (Fsp3) is 0.240. The first-order valence-electron chi connectivity index (χ1n) is 9.70. The van der Waals surface area contributed by atoms with Crippen LogP contribution in [0.1, 0.15) is 41.4 Å². The minimum Gasteiger partial charge on any atom is -0.493 e. The van der Waals surface area contributed by atoms with Crippen molar-refractivity contribution in [1.29, 1.82) is 0 Å². The van der Waals surface area contributed by atoms with E-state index in [2.05, 4.69) is 13.8 Å². The normalized spacial score (nSPS) is 10.8. The number of hydrogen-bond donors (Lipinski definition) is 0. The summed E-state index contributed by atoms with van der Waals surface area (Å²) in [5, 5.41) is 0. The molecule has 0 amide bonds. The van der Waals surface area contributed by atoms with Crippen LogP contribution in [-0.2, 0) is 4.74 Å². The van der Waals surface area contributed by atoms with Gasteiger partial charge in [-0.15, -0.1) is 0 Å². The average Bonchev–Trinajstić information content (AvgIpc) is 2.76. The molecule has 0 N–H and O–H groups in total. The largest absolute Gasteiger partial charge is 0.493 e. The Morgan fingerprint density at radius 1 is 0.828 bits per heavy atom. The van der Waals surface area contributed by atoms with Gasteiger partial charge in [-0.05, 0) is 35.2 Å². The quantitative estimate of drug-likeness (QED) is 0.465. The summed E-state index contributed by atoms with van der Waals surface area (Å²) in [4.78, 5) is 12.9. The number of ether oxygens (including phenoxy) is 3. The van der Waals surface area contributed by atoms with E-state index >= 15 is 0 Å². The van der Waals surface area contributed by atoms with Crippen molar-refractivity contribution in [2.24, 2.45) is 5.92 Å². The lowest BCUT2D eigenvalue weighted by Gasteiger charge is -2.19.